The molecule has 7 nitrogen and oxygen atoms in total. The van der Waals surface area contributed by atoms with Gasteiger partial charge < -0.3 is 20.0 Å². The lowest BCUT2D eigenvalue weighted by Gasteiger charge is -2.38. The fourth-order valence-corrected chi connectivity index (χ4v) is 4.07. The topological polar surface area (TPSA) is 105 Å². The van der Waals surface area contributed by atoms with E-state index in [4.69, 9.17) is 4.74 Å². The molecule has 0 aromatic heterocycles. The molecule has 0 radical (unpaired) electrons. The van der Waals surface area contributed by atoms with Gasteiger partial charge in [0.25, 0.3) is 5.69 Å². The number of nitro benzene ring substituents is 1. The quantitative estimate of drug-likeness (QED) is 0.507. The smallest absolute Gasteiger partial charge is 0.273 e. The van der Waals surface area contributed by atoms with Crippen molar-refractivity contribution in [3.05, 3.63) is 75.4 Å². The molecule has 138 valence electrons. The summed E-state index contributed by atoms with van der Waals surface area (Å²) in [5, 5.41) is 25.7. The van der Waals surface area contributed by atoms with Crippen molar-refractivity contribution in [3.8, 4) is 5.75 Å². The fourth-order valence-electron chi connectivity index (χ4n) is 4.07. The second kappa shape index (κ2) is 6.42. The number of nitrogens with zero attached hydrogens (tertiary/aromatic N) is 1. The van der Waals surface area contributed by atoms with E-state index in [2.05, 4.69) is 17.5 Å². The van der Waals surface area contributed by atoms with Crippen molar-refractivity contribution in [2.75, 3.05) is 12.4 Å². The van der Waals surface area contributed by atoms with E-state index in [1.165, 1.54) is 25.3 Å². The van der Waals surface area contributed by atoms with E-state index in [-0.39, 0.29) is 29.1 Å². The number of fused-ring (bicyclic) bond motifs is 3. The maximum absolute atomic E-state index is 11.3. The SMILES string of the molecule is COc1cc([N+](=O)[O-])cc2c1N[C@H](c1ccc(C(=O)[O-])cc1)[C@H]1CC=C[C@H]21. The van der Waals surface area contributed by atoms with E-state index in [0.29, 0.717) is 5.75 Å². The summed E-state index contributed by atoms with van der Waals surface area (Å²) in [7, 11) is 1.49. The highest BCUT2D eigenvalue weighted by atomic mass is 16.6. The van der Waals surface area contributed by atoms with E-state index in [1.807, 2.05) is 0 Å². The number of nitro groups is 1. The Morgan fingerprint density at radius 2 is 2.00 bits per heavy atom. The molecule has 2 aromatic carbocycles. The third kappa shape index (κ3) is 2.81. The van der Waals surface area contributed by atoms with Crippen LogP contribution in [-0.4, -0.2) is 18.0 Å². The number of benzene rings is 2. The summed E-state index contributed by atoms with van der Waals surface area (Å²) in [6, 6.07) is 9.58. The molecule has 4 rings (SSSR count). The maximum Gasteiger partial charge on any atom is 0.273 e. The van der Waals surface area contributed by atoms with Gasteiger partial charge in [-0.3, -0.25) is 10.1 Å². The minimum absolute atomic E-state index is 0.00297. The monoisotopic (exact) mass is 365 g/mol. The molecule has 0 saturated carbocycles. The van der Waals surface area contributed by atoms with E-state index in [1.54, 1.807) is 18.2 Å². The van der Waals surface area contributed by atoms with Crippen molar-refractivity contribution in [3.63, 3.8) is 0 Å². The van der Waals surface area contributed by atoms with Gasteiger partial charge in [-0.1, -0.05) is 36.4 Å². The van der Waals surface area contributed by atoms with E-state index >= 15 is 0 Å². The molecular formula is C20H17N2O5-. The Bertz CT molecular complexity index is 952. The van der Waals surface area contributed by atoms with E-state index in [9.17, 15) is 20.0 Å². The summed E-state index contributed by atoms with van der Waals surface area (Å²) in [5.74, 6) is -0.578. The Morgan fingerprint density at radius 1 is 1.26 bits per heavy atom. The number of allylic oxidation sites excluding steroid dienone is 2. The van der Waals surface area contributed by atoms with Crippen LogP contribution in [0.5, 0.6) is 5.75 Å². The van der Waals surface area contributed by atoms with Crippen LogP contribution in [0.25, 0.3) is 0 Å². The molecule has 0 unspecified atom stereocenters. The predicted octanol–water partition coefficient (Wildman–Crippen LogP) is 2.79. The molecule has 3 atom stereocenters. The third-order valence-electron chi connectivity index (χ3n) is 5.35. The van der Waals surface area contributed by atoms with Gasteiger partial charge in [0.1, 0.15) is 5.75 Å². The van der Waals surface area contributed by atoms with Gasteiger partial charge in [-0.25, -0.2) is 0 Å². The first-order chi connectivity index (χ1) is 13.0. The maximum atomic E-state index is 11.3. The Balaban J connectivity index is 1.79. The van der Waals surface area contributed by atoms with Crippen LogP contribution in [0.15, 0.2) is 48.6 Å². The highest BCUT2D eigenvalue weighted by Gasteiger charge is 2.40. The summed E-state index contributed by atoms with van der Waals surface area (Å²) >= 11 is 0. The number of carbonyl (C=O) groups is 1. The Morgan fingerprint density at radius 3 is 2.63 bits per heavy atom. The van der Waals surface area contributed by atoms with Crippen molar-refractivity contribution < 1.29 is 19.6 Å². The fraction of sp³-hybridized carbons (Fsp3) is 0.250. The molecule has 7 heteroatoms. The molecule has 1 aliphatic heterocycles. The number of carboxylic acids is 1. The zero-order valence-corrected chi connectivity index (χ0v) is 14.5. The van der Waals surface area contributed by atoms with Crippen molar-refractivity contribution in [1.29, 1.82) is 0 Å². The Hall–Kier alpha value is -3.35. The average molecular weight is 365 g/mol. The molecule has 27 heavy (non-hydrogen) atoms. The van der Waals surface area contributed by atoms with Gasteiger partial charge in [-0.05, 0) is 29.0 Å². The van der Waals surface area contributed by atoms with Crippen LogP contribution in [0.3, 0.4) is 0 Å². The van der Waals surface area contributed by atoms with Crippen LogP contribution in [0.4, 0.5) is 11.4 Å². The van der Waals surface area contributed by atoms with Crippen molar-refractivity contribution in [1.82, 2.24) is 0 Å². The van der Waals surface area contributed by atoms with Crippen molar-refractivity contribution in [2.45, 2.75) is 18.4 Å². The molecule has 0 amide bonds. The zero-order valence-electron chi connectivity index (χ0n) is 14.5. The molecule has 1 N–H and O–H groups in total. The second-order valence-corrected chi connectivity index (χ2v) is 6.75. The number of non-ortho nitro benzene ring substituents is 1. The highest BCUT2D eigenvalue weighted by Crippen LogP contribution is 2.53. The largest absolute Gasteiger partial charge is 0.545 e. The van der Waals surface area contributed by atoms with Crippen molar-refractivity contribution in [2.24, 2.45) is 5.92 Å². The molecular weight excluding hydrogens is 348 g/mol. The molecule has 1 aliphatic carbocycles. The normalized spacial score (nSPS) is 22.5. The number of methoxy groups -OCH3 is 1. The summed E-state index contributed by atoms with van der Waals surface area (Å²) in [6.07, 6.45) is 4.99. The highest BCUT2D eigenvalue weighted by molar-refractivity contribution is 5.85. The summed E-state index contributed by atoms with van der Waals surface area (Å²) < 4.78 is 5.41. The molecule has 0 bridgehead atoms. The van der Waals surface area contributed by atoms with E-state index in [0.717, 1.165) is 23.2 Å². The first-order valence-corrected chi connectivity index (χ1v) is 8.60. The van der Waals surface area contributed by atoms with Crippen LogP contribution in [0, 0.1) is 16.0 Å². The number of carbonyl (C=O) groups excluding carboxylic acids is 1. The van der Waals surface area contributed by atoms with Crippen LogP contribution >= 0.6 is 0 Å². The number of hydrogen-bond acceptors (Lipinski definition) is 6. The summed E-state index contributed by atoms with van der Waals surface area (Å²) in [6.45, 7) is 0. The average Bonchev–Trinajstić information content (AvgIpc) is 3.16. The van der Waals surface area contributed by atoms with Gasteiger partial charge in [0.15, 0.2) is 0 Å². The molecule has 2 aromatic rings. The number of hydrogen-bond donors (Lipinski definition) is 1. The Kier molecular flexibility index (Phi) is 4.07. The van der Waals surface area contributed by atoms with Crippen LogP contribution < -0.4 is 15.2 Å². The lowest BCUT2D eigenvalue weighted by molar-refractivity contribution is -0.385. The number of rotatable bonds is 4. The number of aromatic carboxylic acids is 1. The standard InChI is InChI=1S/C20H18N2O5/c1-27-17-10-13(22(25)26)9-16-14-3-2-4-15(14)18(21-19(16)17)11-5-7-12(8-6-11)20(23)24/h2-3,5-10,14-15,18,21H,4H2,1H3,(H,23,24)/p-1/t14-,15-,18+/m0/s1. The van der Waals surface area contributed by atoms with E-state index < -0.39 is 10.9 Å². The second-order valence-electron chi connectivity index (χ2n) is 6.75. The molecule has 0 saturated heterocycles. The number of anilines is 1. The van der Waals surface area contributed by atoms with Gasteiger partial charge >= 0.3 is 0 Å². The first kappa shape index (κ1) is 17.1. The Labute approximate surface area is 155 Å². The molecule has 1 heterocycles. The van der Waals surface area contributed by atoms with Gasteiger partial charge in [-0.15, -0.1) is 0 Å². The van der Waals surface area contributed by atoms with Gasteiger partial charge in [0.2, 0.25) is 0 Å². The van der Waals surface area contributed by atoms with Crippen LogP contribution in [-0.2, 0) is 0 Å². The minimum Gasteiger partial charge on any atom is -0.545 e. The molecule has 2 aliphatic rings. The lowest BCUT2D eigenvalue weighted by Crippen LogP contribution is -2.29. The van der Waals surface area contributed by atoms with Crippen LogP contribution in [0.1, 0.15) is 39.9 Å². The number of ether oxygens (including phenoxy) is 1. The van der Waals surface area contributed by atoms with Crippen molar-refractivity contribution >= 4 is 17.3 Å². The number of nitrogens with one attached hydrogen (secondary N) is 1. The number of carboxylic acid groups (broad SMARTS) is 1. The zero-order chi connectivity index (χ0) is 19.1. The lowest BCUT2D eigenvalue weighted by atomic mass is 9.76. The minimum atomic E-state index is -1.21. The third-order valence-corrected chi connectivity index (χ3v) is 5.35. The van der Waals surface area contributed by atoms with Gasteiger partial charge in [0, 0.05) is 12.0 Å². The summed E-state index contributed by atoms with van der Waals surface area (Å²) in [4.78, 5) is 21.9. The van der Waals surface area contributed by atoms with Crippen LogP contribution in [0.2, 0.25) is 0 Å². The molecule has 0 spiro atoms. The predicted molar refractivity (Wildman–Crippen MR) is 96.8 cm³/mol. The molecule has 0 fully saturated rings. The first-order valence-electron chi connectivity index (χ1n) is 8.60. The summed E-state index contributed by atoms with van der Waals surface area (Å²) in [5.41, 5.74) is 2.67. The van der Waals surface area contributed by atoms with Gasteiger partial charge in [0.05, 0.1) is 35.8 Å². The van der Waals surface area contributed by atoms with Gasteiger partial charge in [-0.2, -0.15) is 0 Å².